The Labute approximate surface area is 111 Å². The molecule has 2 heterocycles. The van der Waals surface area contributed by atoms with Crippen molar-refractivity contribution in [3.8, 4) is 0 Å². The summed E-state index contributed by atoms with van der Waals surface area (Å²) in [6, 6.07) is -0.238. The number of amides is 1. The molecule has 2 rings (SSSR count). The number of carbonyl (C=O) groups is 1. The van der Waals surface area contributed by atoms with Crippen molar-refractivity contribution in [3.05, 3.63) is 16.1 Å². The van der Waals surface area contributed by atoms with Crippen LogP contribution in [0.15, 0.2) is 6.20 Å². The summed E-state index contributed by atoms with van der Waals surface area (Å²) in [5, 5.41) is 4.24. The lowest BCUT2D eigenvalue weighted by molar-refractivity contribution is -0.138. The predicted octanol–water partition coefficient (Wildman–Crippen LogP) is 0.787. The van der Waals surface area contributed by atoms with E-state index in [-0.39, 0.29) is 18.1 Å². The average molecular weight is 269 g/mol. The lowest BCUT2D eigenvalue weighted by Crippen LogP contribution is -2.55. The highest BCUT2D eigenvalue weighted by Gasteiger charge is 2.30. The molecule has 0 bridgehead atoms. The van der Waals surface area contributed by atoms with Crippen molar-refractivity contribution in [2.24, 2.45) is 0 Å². The van der Waals surface area contributed by atoms with Gasteiger partial charge in [0.2, 0.25) is 5.91 Å². The molecule has 1 saturated heterocycles. The second-order valence-corrected chi connectivity index (χ2v) is 5.87. The molecule has 18 heavy (non-hydrogen) atoms. The van der Waals surface area contributed by atoms with Gasteiger partial charge in [-0.1, -0.05) is 0 Å². The highest BCUT2D eigenvalue weighted by Crippen LogP contribution is 2.15. The fourth-order valence-corrected chi connectivity index (χ4v) is 2.89. The minimum Gasteiger partial charge on any atom is -0.375 e. The third kappa shape index (κ3) is 3.07. The summed E-state index contributed by atoms with van der Waals surface area (Å²) >= 11 is 1.62. The molecule has 100 valence electrons. The number of nitrogens with one attached hydrogen (secondary N) is 1. The topological polar surface area (TPSA) is 54.5 Å². The van der Waals surface area contributed by atoms with Gasteiger partial charge in [-0.25, -0.2) is 4.98 Å². The molecule has 1 aromatic rings. The van der Waals surface area contributed by atoms with E-state index in [1.54, 1.807) is 16.2 Å². The maximum absolute atomic E-state index is 12.3. The molecule has 1 amide bonds. The molecular formula is C12H19N3O2S. The van der Waals surface area contributed by atoms with E-state index in [9.17, 15) is 4.79 Å². The van der Waals surface area contributed by atoms with Crippen LogP contribution < -0.4 is 5.32 Å². The van der Waals surface area contributed by atoms with Gasteiger partial charge in [-0.15, -0.1) is 11.3 Å². The van der Waals surface area contributed by atoms with E-state index in [2.05, 4.69) is 10.3 Å². The van der Waals surface area contributed by atoms with Gasteiger partial charge < -0.3 is 15.0 Å². The molecular weight excluding hydrogens is 250 g/mol. The Hall–Kier alpha value is -0.980. The molecule has 1 fully saturated rings. The SMILES string of the molecule is Cc1ncc(CN(C)C(=O)[C@H]2NCCO[C@@H]2C)s1. The highest BCUT2D eigenvalue weighted by molar-refractivity contribution is 7.11. The maximum Gasteiger partial charge on any atom is 0.242 e. The predicted molar refractivity (Wildman–Crippen MR) is 70.5 cm³/mol. The van der Waals surface area contributed by atoms with Crippen LogP contribution >= 0.6 is 11.3 Å². The van der Waals surface area contributed by atoms with Gasteiger partial charge in [0.25, 0.3) is 0 Å². The zero-order chi connectivity index (χ0) is 13.1. The number of hydrogen-bond donors (Lipinski definition) is 1. The van der Waals surface area contributed by atoms with Gasteiger partial charge in [0.1, 0.15) is 6.04 Å². The van der Waals surface area contributed by atoms with Crippen LogP contribution in [0.4, 0.5) is 0 Å². The van der Waals surface area contributed by atoms with Crippen LogP contribution in [0.25, 0.3) is 0 Å². The molecule has 1 N–H and O–H groups in total. The largest absolute Gasteiger partial charge is 0.375 e. The second-order valence-electron chi connectivity index (χ2n) is 4.55. The first-order valence-electron chi connectivity index (χ1n) is 6.09. The summed E-state index contributed by atoms with van der Waals surface area (Å²) in [7, 11) is 1.82. The van der Waals surface area contributed by atoms with Crippen LogP contribution in [0.5, 0.6) is 0 Å². The molecule has 0 spiro atoms. The Balaban J connectivity index is 1.95. The van der Waals surface area contributed by atoms with E-state index in [1.807, 2.05) is 27.1 Å². The third-order valence-corrected chi connectivity index (χ3v) is 3.92. The van der Waals surface area contributed by atoms with Gasteiger partial charge in [0.15, 0.2) is 0 Å². The van der Waals surface area contributed by atoms with Crippen LogP contribution in [0, 0.1) is 6.92 Å². The number of morpholine rings is 1. The average Bonchev–Trinajstić information content (AvgIpc) is 2.74. The monoisotopic (exact) mass is 269 g/mol. The van der Waals surface area contributed by atoms with Crippen molar-refractivity contribution in [1.82, 2.24) is 15.2 Å². The van der Waals surface area contributed by atoms with Crippen molar-refractivity contribution in [1.29, 1.82) is 0 Å². The third-order valence-electron chi connectivity index (χ3n) is 3.02. The summed E-state index contributed by atoms with van der Waals surface area (Å²) in [6.45, 7) is 5.90. The molecule has 2 atom stereocenters. The molecule has 1 aromatic heterocycles. The summed E-state index contributed by atoms with van der Waals surface area (Å²) in [5.41, 5.74) is 0. The molecule has 1 aliphatic rings. The van der Waals surface area contributed by atoms with Crippen LogP contribution in [0.1, 0.15) is 16.8 Å². The zero-order valence-corrected chi connectivity index (χ0v) is 11.8. The summed E-state index contributed by atoms with van der Waals surface area (Å²) in [6.07, 6.45) is 1.76. The van der Waals surface area contributed by atoms with Gasteiger partial charge in [-0.2, -0.15) is 0 Å². The van der Waals surface area contributed by atoms with Crippen LogP contribution in [-0.2, 0) is 16.1 Å². The van der Waals surface area contributed by atoms with Crippen molar-refractivity contribution in [2.45, 2.75) is 32.5 Å². The van der Waals surface area contributed by atoms with Crippen molar-refractivity contribution in [2.75, 3.05) is 20.2 Å². The van der Waals surface area contributed by atoms with E-state index >= 15 is 0 Å². The van der Waals surface area contributed by atoms with Crippen molar-refractivity contribution >= 4 is 17.2 Å². The molecule has 0 radical (unpaired) electrons. The van der Waals surface area contributed by atoms with Gasteiger partial charge in [0.05, 0.1) is 24.3 Å². The van der Waals surface area contributed by atoms with Crippen LogP contribution in [0.2, 0.25) is 0 Å². The molecule has 0 aromatic carbocycles. The Morgan fingerprint density at radius 1 is 1.72 bits per heavy atom. The quantitative estimate of drug-likeness (QED) is 0.881. The number of thiazole rings is 1. The van der Waals surface area contributed by atoms with Gasteiger partial charge in [0, 0.05) is 24.7 Å². The molecule has 1 aliphatic heterocycles. The summed E-state index contributed by atoms with van der Waals surface area (Å²) in [4.78, 5) is 19.3. The second kappa shape index (κ2) is 5.77. The fourth-order valence-electron chi connectivity index (χ4n) is 2.04. The van der Waals surface area contributed by atoms with E-state index in [4.69, 9.17) is 4.74 Å². The Bertz CT molecular complexity index is 421. The summed E-state index contributed by atoms with van der Waals surface area (Å²) < 4.78 is 5.50. The Morgan fingerprint density at radius 2 is 2.50 bits per heavy atom. The first kappa shape index (κ1) is 13.5. The summed E-state index contributed by atoms with van der Waals surface area (Å²) in [5.74, 6) is 0.0771. The highest BCUT2D eigenvalue weighted by atomic mass is 32.1. The Morgan fingerprint density at radius 3 is 3.11 bits per heavy atom. The molecule has 6 heteroatoms. The van der Waals surface area contributed by atoms with E-state index in [0.717, 1.165) is 16.4 Å². The minimum absolute atomic E-state index is 0.0723. The number of likely N-dealkylation sites (N-methyl/N-ethyl adjacent to an activating group) is 1. The number of hydrogen-bond acceptors (Lipinski definition) is 5. The van der Waals surface area contributed by atoms with E-state index in [0.29, 0.717) is 13.2 Å². The van der Waals surface area contributed by atoms with Crippen molar-refractivity contribution in [3.63, 3.8) is 0 Å². The van der Waals surface area contributed by atoms with Crippen LogP contribution in [-0.4, -0.2) is 48.1 Å². The lowest BCUT2D eigenvalue weighted by Gasteiger charge is -2.32. The fraction of sp³-hybridized carbons (Fsp3) is 0.667. The van der Waals surface area contributed by atoms with Gasteiger partial charge in [-0.05, 0) is 13.8 Å². The standard InChI is InChI=1S/C12H19N3O2S/c1-8-11(13-4-5-17-8)12(16)15(3)7-10-6-14-9(2)18-10/h6,8,11,13H,4-5,7H2,1-3H3/t8-,11+/m1/s1. The maximum atomic E-state index is 12.3. The molecule has 0 aliphatic carbocycles. The zero-order valence-electron chi connectivity index (χ0n) is 11.0. The Kier molecular flexibility index (Phi) is 4.31. The van der Waals surface area contributed by atoms with E-state index < -0.39 is 0 Å². The lowest BCUT2D eigenvalue weighted by atomic mass is 10.1. The number of aryl methyl sites for hydroxylation is 1. The first-order chi connectivity index (χ1) is 8.58. The van der Waals surface area contributed by atoms with E-state index in [1.165, 1.54) is 0 Å². The normalized spacial score (nSPS) is 23.9. The first-order valence-corrected chi connectivity index (χ1v) is 6.91. The van der Waals surface area contributed by atoms with Crippen LogP contribution in [0.3, 0.4) is 0 Å². The number of aromatic nitrogens is 1. The molecule has 0 saturated carbocycles. The number of ether oxygens (including phenoxy) is 1. The number of rotatable bonds is 3. The van der Waals surface area contributed by atoms with Gasteiger partial charge in [-0.3, -0.25) is 4.79 Å². The number of nitrogens with zero attached hydrogens (tertiary/aromatic N) is 2. The van der Waals surface area contributed by atoms with Crippen molar-refractivity contribution < 1.29 is 9.53 Å². The molecule has 5 nitrogen and oxygen atoms in total. The minimum atomic E-state index is -0.238. The molecule has 0 unspecified atom stereocenters. The van der Waals surface area contributed by atoms with Gasteiger partial charge >= 0.3 is 0 Å². The number of carbonyl (C=O) groups excluding carboxylic acids is 1. The smallest absolute Gasteiger partial charge is 0.242 e.